The number of amides is 1. The molecule has 3 nitrogen and oxygen atoms in total. The molecule has 1 aliphatic rings. The number of nitrogens with one attached hydrogen (secondary N) is 1. The Hall–Kier alpha value is -0.780. The van der Waals surface area contributed by atoms with Crippen LogP contribution in [-0.4, -0.2) is 43.2 Å². The Morgan fingerprint density at radius 3 is 2.50 bits per heavy atom. The van der Waals surface area contributed by atoms with Crippen molar-refractivity contribution in [3.8, 4) is 0 Å². The normalized spacial score (nSPS) is 16.9. The number of alkyl halides is 3. The molecule has 0 aliphatic heterocycles. The van der Waals surface area contributed by atoms with Crippen LogP contribution in [0.1, 0.15) is 12.8 Å². The Morgan fingerprint density at radius 2 is 2.07 bits per heavy atom. The Labute approximate surface area is 80.3 Å². The molecular weight excluding hydrogens is 197 g/mol. The smallest absolute Gasteiger partial charge is 0.342 e. The molecule has 0 atom stereocenters. The van der Waals surface area contributed by atoms with Gasteiger partial charge in [-0.15, -0.1) is 0 Å². The van der Waals surface area contributed by atoms with Crippen molar-refractivity contribution in [2.75, 3.05) is 20.1 Å². The number of hydrogen-bond donors (Lipinski definition) is 1. The van der Waals surface area contributed by atoms with E-state index in [1.54, 1.807) is 7.05 Å². The van der Waals surface area contributed by atoms with E-state index < -0.39 is 12.7 Å². The Morgan fingerprint density at radius 1 is 1.50 bits per heavy atom. The van der Waals surface area contributed by atoms with Crippen molar-refractivity contribution in [1.82, 2.24) is 10.2 Å². The first kappa shape index (κ1) is 11.3. The quantitative estimate of drug-likeness (QED) is 0.743. The molecule has 0 aromatic carbocycles. The van der Waals surface area contributed by atoms with Gasteiger partial charge in [0.05, 0.1) is 13.1 Å². The molecule has 0 heterocycles. The van der Waals surface area contributed by atoms with Gasteiger partial charge in [0, 0.05) is 13.1 Å². The predicted molar refractivity (Wildman–Crippen MR) is 44.7 cm³/mol. The zero-order valence-electron chi connectivity index (χ0n) is 7.90. The Balaban J connectivity index is 2.14. The van der Waals surface area contributed by atoms with E-state index in [0.717, 1.165) is 12.8 Å². The molecule has 0 spiro atoms. The summed E-state index contributed by atoms with van der Waals surface area (Å²) in [5.74, 6) is -0.281. The van der Waals surface area contributed by atoms with Gasteiger partial charge in [-0.25, -0.2) is 0 Å². The summed E-state index contributed by atoms with van der Waals surface area (Å²) < 4.78 is 35.1. The van der Waals surface area contributed by atoms with Crippen LogP contribution < -0.4 is 5.32 Å². The standard InChI is InChI=1S/C8H13F3N2O/c1-13(6-2-3-6)7(14)4-12-5-8(9,10)11/h6,12H,2-5H2,1H3. The van der Waals surface area contributed by atoms with Gasteiger partial charge in [-0.1, -0.05) is 0 Å². The van der Waals surface area contributed by atoms with Crippen LogP contribution in [0.15, 0.2) is 0 Å². The highest BCUT2D eigenvalue weighted by Gasteiger charge is 2.30. The second-order valence-corrected chi connectivity index (χ2v) is 3.45. The minimum atomic E-state index is -4.25. The minimum absolute atomic E-state index is 0.244. The molecule has 0 radical (unpaired) electrons. The van der Waals surface area contributed by atoms with Gasteiger partial charge in [0.15, 0.2) is 0 Å². The predicted octanol–water partition coefficient (Wildman–Crippen LogP) is 0.759. The molecule has 1 amide bonds. The first-order chi connectivity index (χ1) is 6.40. The highest BCUT2D eigenvalue weighted by molar-refractivity contribution is 5.78. The van der Waals surface area contributed by atoms with Gasteiger partial charge in [-0.2, -0.15) is 13.2 Å². The summed E-state index contributed by atoms with van der Waals surface area (Å²) in [7, 11) is 1.62. The molecule has 0 saturated heterocycles. The summed E-state index contributed by atoms with van der Waals surface area (Å²) >= 11 is 0. The third kappa shape index (κ3) is 3.95. The van der Waals surface area contributed by atoms with Crippen molar-refractivity contribution in [3.63, 3.8) is 0 Å². The van der Waals surface area contributed by atoms with Gasteiger partial charge < -0.3 is 10.2 Å². The van der Waals surface area contributed by atoms with Gasteiger partial charge in [0.2, 0.25) is 5.91 Å². The number of nitrogens with zero attached hydrogens (tertiary/aromatic N) is 1. The van der Waals surface area contributed by atoms with E-state index in [1.165, 1.54) is 4.90 Å². The van der Waals surface area contributed by atoms with Crippen LogP contribution in [0.4, 0.5) is 13.2 Å². The van der Waals surface area contributed by atoms with E-state index >= 15 is 0 Å². The highest BCUT2D eigenvalue weighted by atomic mass is 19.4. The summed E-state index contributed by atoms with van der Waals surface area (Å²) in [6, 6.07) is 0.246. The van der Waals surface area contributed by atoms with Gasteiger partial charge in [-0.05, 0) is 12.8 Å². The van der Waals surface area contributed by atoms with Crippen molar-refractivity contribution in [2.24, 2.45) is 0 Å². The van der Waals surface area contributed by atoms with Crippen LogP contribution >= 0.6 is 0 Å². The summed E-state index contributed by atoms with van der Waals surface area (Å²) in [6.45, 7) is -1.36. The fourth-order valence-electron chi connectivity index (χ4n) is 1.10. The molecule has 82 valence electrons. The highest BCUT2D eigenvalue weighted by Crippen LogP contribution is 2.25. The van der Waals surface area contributed by atoms with Crippen molar-refractivity contribution >= 4 is 5.91 Å². The number of likely N-dealkylation sites (N-methyl/N-ethyl adjacent to an activating group) is 1. The summed E-state index contributed by atoms with van der Waals surface area (Å²) in [6.07, 6.45) is -2.33. The number of carbonyl (C=O) groups is 1. The summed E-state index contributed by atoms with van der Waals surface area (Å²) in [5.41, 5.74) is 0. The monoisotopic (exact) mass is 210 g/mol. The lowest BCUT2D eigenvalue weighted by Gasteiger charge is -2.16. The van der Waals surface area contributed by atoms with Crippen LogP contribution in [0.3, 0.4) is 0 Å². The van der Waals surface area contributed by atoms with E-state index in [2.05, 4.69) is 5.32 Å². The third-order valence-electron chi connectivity index (χ3n) is 2.09. The van der Waals surface area contributed by atoms with E-state index in [0.29, 0.717) is 0 Å². The van der Waals surface area contributed by atoms with Crippen molar-refractivity contribution in [1.29, 1.82) is 0 Å². The van der Waals surface area contributed by atoms with E-state index in [4.69, 9.17) is 0 Å². The molecule has 1 rings (SSSR count). The van der Waals surface area contributed by atoms with Crippen LogP contribution in [0.25, 0.3) is 0 Å². The molecule has 0 unspecified atom stereocenters. The van der Waals surface area contributed by atoms with Gasteiger partial charge in [0.1, 0.15) is 0 Å². The largest absolute Gasteiger partial charge is 0.401 e. The molecule has 14 heavy (non-hydrogen) atoms. The van der Waals surface area contributed by atoms with Gasteiger partial charge in [-0.3, -0.25) is 4.79 Å². The lowest BCUT2D eigenvalue weighted by atomic mass is 10.4. The number of halogens is 3. The van der Waals surface area contributed by atoms with Gasteiger partial charge >= 0.3 is 6.18 Å². The number of hydrogen-bond acceptors (Lipinski definition) is 2. The first-order valence-corrected chi connectivity index (χ1v) is 4.43. The molecule has 0 aromatic heterocycles. The fourth-order valence-corrected chi connectivity index (χ4v) is 1.10. The second-order valence-electron chi connectivity index (χ2n) is 3.45. The summed E-state index contributed by atoms with van der Waals surface area (Å²) in [5, 5.41) is 2.07. The maximum Gasteiger partial charge on any atom is 0.401 e. The van der Waals surface area contributed by atoms with Crippen molar-refractivity contribution < 1.29 is 18.0 Å². The molecule has 6 heteroatoms. The molecule has 0 aromatic rings. The van der Waals surface area contributed by atoms with Crippen LogP contribution in [0.2, 0.25) is 0 Å². The maximum atomic E-state index is 11.7. The Kier molecular flexibility index (Phi) is 3.36. The Bertz CT molecular complexity index is 213. The zero-order chi connectivity index (χ0) is 10.8. The topological polar surface area (TPSA) is 32.3 Å². The average Bonchev–Trinajstić information content (AvgIpc) is 2.82. The zero-order valence-corrected chi connectivity index (χ0v) is 7.90. The van der Waals surface area contributed by atoms with Gasteiger partial charge in [0.25, 0.3) is 0 Å². The first-order valence-electron chi connectivity index (χ1n) is 4.43. The number of carbonyl (C=O) groups excluding carboxylic acids is 1. The lowest BCUT2D eigenvalue weighted by molar-refractivity contribution is -0.133. The van der Waals surface area contributed by atoms with Crippen LogP contribution in [0, 0.1) is 0 Å². The third-order valence-corrected chi connectivity index (χ3v) is 2.09. The molecule has 1 N–H and O–H groups in total. The van der Waals surface area contributed by atoms with E-state index in [-0.39, 0.29) is 18.5 Å². The molecular formula is C8H13F3N2O. The molecule has 1 aliphatic carbocycles. The molecule has 0 bridgehead atoms. The average molecular weight is 210 g/mol. The lowest BCUT2D eigenvalue weighted by Crippen LogP contribution is -2.40. The number of rotatable bonds is 4. The molecule has 1 fully saturated rings. The van der Waals surface area contributed by atoms with E-state index in [1.807, 2.05) is 0 Å². The van der Waals surface area contributed by atoms with Crippen LogP contribution in [0.5, 0.6) is 0 Å². The fraction of sp³-hybridized carbons (Fsp3) is 0.875. The van der Waals surface area contributed by atoms with Crippen LogP contribution in [-0.2, 0) is 4.79 Å². The summed E-state index contributed by atoms with van der Waals surface area (Å²) in [4.78, 5) is 12.7. The second kappa shape index (κ2) is 4.16. The molecule has 1 saturated carbocycles. The van der Waals surface area contributed by atoms with Crippen molar-refractivity contribution in [3.05, 3.63) is 0 Å². The minimum Gasteiger partial charge on any atom is -0.342 e. The maximum absolute atomic E-state index is 11.7. The van der Waals surface area contributed by atoms with Crippen molar-refractivity contribution in [2.45, 2.75) is 25.1 Å². The van der Waals surface area contributed by atoms with E-state index in [9.17, 15) is 18.0 Å². The SMILES string of the molecule is CN(C(=O)CNCC(F)(F)F)C1CC1.